The zero-order chi connectivity index (χ0) is 13.9. The van der Waals surface area contributed by atoms with E-state index in [1.165, 1.54) is 0 Å². The number of carbonyl (C=O) groups excluding carboxylic acids is 1. The molecular weight excluding hydrogens is 242 g/mol. The largest absolute Gasteiger partial charge is 0.490 e. The summed E-state index contributed by atoms with van der Waals surface area (Å²) in [5.41, 5.74) is -0.263. The quantitative estimate of drug-likeness (QED) is 0.911. The molecule has 0 saturated heterocycles. The maximum Gasteiger partial charge on any atom is 0.407 e. The van der Waals surface area contributed by atoms with E-state index in [-0.39, 0.29) is 23.8 Å². The Morgan fingerprint density at radius 2 is 1.79 bits per heavy atom. The van der Waals surface area contributed by atoms with Gasteiger partial charge < -0.3 is 14.8 Å². The standard InChI is InChI=1S/C15H21NO3/c1-15(2,3)16-14(17)19-13-9-12(10-13)18-11-7-5-4-6-8-11/h4-8,12-13H,9-10H2,1-3H3,(H,16,17). The number of hydrogen-bond acceptors (Lipinski definition) is 3. The third-order valence-electron chi connectivity index (χ3n) is 2.85. The molecule has 1 saturated carbocycles. The number of alkyl carbamates (subject to hydrolysis) is 1. The minimum Gasteiger partial charge on any atom is -0.490 e. The summed E-state index contributed by atoms with van der Waals surface area (Å²) in [6.07, 6.45) is 1.28. The summed E-state index contributed by atoms with van der Waals surface area (Å²) in [5, 5.41) is 2.78. The Labute approximate surface area is 114 Å². The van der Waals surface area contributed by atoms with Crippen LogP contribution < -0.4 is 10.1 Å². The maximum absolute atomic E-state index is 11.6. The predicted molar refractivity (Wildman–Crippen MR) is 73.2 cm³/mol. The maximum atomic E-state index is 11.6. The summed E-state index contributed by atoms with van der Waals surface area (Å²) in [4.78, 5) is 11.6. The molecule has 104 valence electrons. The number of benzene rings is 1. The Hall–Kier alpha value is -1.71. The third-order valence-corrected chi connectivity index (χ3v) is 2.85. The van der Waals surface area contributed by atoms with E-state index in [0.717, 1.165) is 18.6 Å². The van der Waals surface area contributed by atoms with Gasteiger partial charge in [0.05, 0.1) is 0 Å². The highest BCUT2D eigenvalue weighted by Gasteiger charge is 2.34. The lowest BCUT2D eigenvalue weighted by atomic mass is 9.92. The second kappa shape index (κ2) is 5.51. The van der Waals surface area contributed by atoms with E-state index < -0.39 is 0 Å². The van der Waals surface area contributed by atoms with Gasteiger partial charge in [0.2, 0.25) is 0 Å². The highest BCUT2D eigenvalue weighted by atomic mass is 16.6. The van der Waals surface area contributed by atoms with Crippen LogP contribution in [0, 0.1) is 0 Å². The topological polar surface area (TPSA) is 47.6 Å². The van der Waals surface area contributed by atoms with Gasteiger partial charge in [0.25, 0.3) is 0 Å². The smallest absolute Gasteiger partial charge is 0.407 e. The number of rotatable bonds is 3. The fraction of sp³-hybridized carbons (Fsp3) is 0.533. The number of amides is 1. The number of hydrogen-bond donors (Lipinski definition) is 1. The second-order valence-electron chi connectivity index (χ2n) is 5.93. The molecule has 2 rings (SSSR count). The van der Waals surface area contributed by atoms with E-state index in [9.17, 15) is 4.79 Å². The summed E-state index contributed by atoms with van der Waals surface area (Å²) in [6.45, 7) is 5.78. The van der Waals surface area contributed by atoms with Crippen LogP contribution in [0.4, 0.5) is 4.79 Å². The number of ether oxygens (including phenoxy) is 2. The average molecular weight is 263 g/mol. The summed E-state index contributed by atoms with van der Waals surface area (Å²) in [7, 11) is 0. The SMILES string of the molecule is CC(C)(C)NC(=O)OC1CC(Oc2ccccc2)C1. The van der Waals surface area contributed by atoms with Crippen molar-refractivity contribution in [1.82, 2.24) is 5.32 Å². The highest BCUT2D eigenvalue weighted by molar-refractivity contribution is 5.68. The molecule has 19 heavy (non-hydrogen) atoms. The number of nitrogens with one attached hydrogen (secondary N) is 1. The zero-order valence-electron chi connectivity index (χ0n) is 11.7. The van der Waals surface area contributed by atoms with E-state index in [0.29, 0.717) is 0 Å². The lowest BCUT2D eigenvalue weighted by molar-refractivity contribution is -0.0243. The van der Waals surface area contributed by atoms with Crippen LogP contribution in [-0.2, 0) is 4.74 Å². The number of para-hydroxylation sites is 1. The van der Waals surface area contributed by atoms with Crippen molar-refractivity contribution in [3.63, 3.8) is 0 Å². The normalized spacial score (nSPS) is 22.3. The molecule has 0 unspecified atom stereocenters. The van der Waals surface area contributed by atoms with Gasteiger partial charge in [0.1, 0.15) is 18.0 Å². The lowest BCUT2D eigenvalue weighted by Gasteiger charge is -2.35. The molecule has 1 aliphatic rings. The van der Waals surface area contributed by atoms with Crippen LogP contribution in [-0.4, -0.2) is 23.8 Å². The van der Waals surface area contributed by atoms with Crippen molar-refractivity contribution in [2.75, 3.05) is 0 Å². The van der Waals surface area contributed by atoms with Crippen LogP contribution >= 0.6 is 0 Å². The Bertz CT molecular complexity index is 419. The van der Waals surface area contributed by atoms with Gasteiger partial charge in [-0.1, -0.05) is 18.2 Å². The van der Waals surface area contributed by atoms with Crippen molar-refractivity contribution in [3.05, 3.63) is 30.3 Å². The van der Waals surface area contributed by atoms with E-state index in [1.54, 1.807) is 0 Å². The molecule has 0 atom stereocenters. The molecule has 4 nitrogen and oxygen atoms in total. The molecule has 1 fully saturated rings. The molecule has 0 aromatic heterocycles. The summed E-state index contributed by atoms with van der Waals surface area (Å²) in [6, 6.07) is 9.70. The fourth-order valence-corrected chi connectivity index (χ4v) is 1.89. The molecule has 1 aromatic carbocycles. The molecule has 0 heterocycles. The third kappa shape index (κ3) is 4.47. The van der Waals surface area contributed by atoms with Gasteiger partial charge in [-0.3, -0.25) is 0 Å². The van der Waals surface area contributed by atoms with Gasteiger partial charge in [-0.25, -0.2) is 4.79 Å². The van der Waals surface area contributed by atoms with Crippen molar-refractivity contribution in [2.45, 2.75) is 51.4 Å². The van der Waals surface area contributed by atoms with Gasteiger partial charge in [-0.2, -0.15) is 0 Å². The van der Waals surface area contributed by atoms with Crippen molar-refractivity contribution in [3.8, 4) is 5.75 Å². The predicted octanol–water partition coefficient (Wildman–Crippen LogP) is 3.12. The molecule has 1 aromatic rings. The monoisotopic (exact) mass is 263 g/mol. The van der Waals surface area contributed by atoms with Gasteiger partial charge in [-0.05, 0) is 32.9 Å². The Morgan fingerprint density at radius 3 is 2.37 bits per heavy atom. The van der Waals surface area contributed by atoms with Gasteiger partial charge in [0, 0.05) is 18.4 Å². The van der Waals surface area contributed by atoms with Crippen molar-refractivity contribution in [1.29, 1.82) is 0 Å². The van der Waals surface area contributed by atoms with E-state index in [2.05, 4.69) is 5.32 Å². The molecule has 0 radical (unpaired) electrons. The Balaban J connectivity index is 1.68. The van der Waals surface area contributed by atoms with Crippen LogP contribution in [0.15, 0.2) is 30.3 Å². The van der Waals surface area contributed by atoms with Crippen LogP contribution in [0.25, 0.3) is 0 Å². The first-order valence-corrected chi connectivity index (χ1v) is 6.63. The molecule has 1 amide bonds. The van der Waals surface area contributed by atoms with Crippen molar-refractivity contribution < 1.29 is 14.3 Å². The molecule has 1 aliphatic carbocycles. The first-order chi connectivity index (χ1) is 8.92. The summed E-state index contributed by atoms with van der Waals surface area (Å²) in [5.74, 6) is 0.866. The van der Waals surface area contributed by atoms with E-state index >= 15 is 0 Å². The summed E-state index contributed by atoms with van der Waals surface area (Å²) >= 11 is 0. The van der Waals surface area contributed by atoms with Crippen molar-refractivity contribution in [2.24, 2.45) is 0 Å². The van der Waals surface area contributed by atoms with Crippen LogP contribution in [0.3, 0.4) is 0 Å². The second-order valence-corrected chi connectivity index (χ2v) is 5.93. The minimum atomic E-state index is -0.351. The van der Waals surface area contributed by atoms with Crippen molar-refractivity contribution >= 4 is 6.09 Å². The Morgan fingerprint density at radius 1 is 1.16 bits per heavy atom. The minimum absolute atomic E-state index is 0.0314. The first-order valence-electron chi connectivity index (χ1n) is 6.63. The molecule has 0 aliphatic heterocycles. The highest BCUT2D eigenvalue weighted by Crippen LogP contribution is 2.28. The van der Waals surface area contributed by atoms with Crippen LogP contribution in [0.2, 0.25) is 0 Å². The number of carbonyl (C=O) groups is 1. The van der Waals surface area contributed by atoms with Gasteiger partial charge >= 0.3 is 6.09 Å². The molecule has 0 spiro atoms. The summed E-state index contributed by atoms with van der Waals surface area (Å²) < 4.78 is 11.1. The zero-order valence-corrected chi connectivity index (χ0v) is 11.7. The first kappa shape index (κ1) is 13.7. The molecule has 4 heteroatoms. The average Bonchev–Trinajstić information content (AvgIpc) is 2.25. The fourth-order valence-electron chi connectivity index (χ4n) is 1.89. The van der Waals surface area contributed by atoms with E-state index in [4.69, 9.17) is 9.47 Å². The lowest BCUT2D eigenvalue weighted by Crippen LogP contribution is -2.46. The molecule has 1 N–H and O–H groups in total. The van der Waals surface area contributed by atoms with Crippen LogP contribution in [0.5, 0.6) is 5.75 Å². The van der Waals surface area contributed by atoms with E-state index in [1.807, 2.05) is 51.1 Å². The van der Waals surface area contributed by atoms with Gasteiger partial charge in [0.15, 0.2) is 0 Å². The molecular formula is C15H21NO3. The van der Waals surface area contributed by atoms with Gasteiger partial charge in [-0.15, -0.1) is 0 Å². The molecule has 0 bridgehead atoms. The Kier molecular flexibility index (Phi) is 3.98. The van der Waals surface area contributed by atoms with Crippen LogP contribution in [0.1, 0.15) is 33.6 Å².